The third-order valence-electron chi connectivity index (χ3n) is 0. The SMILES string of the molecule is O=[Si]=O.[KH]. The van der Waals surface area contributed by atoms with Gasteiger partial charge in [0, 0.05) is 0 Å². The van der Waals surface area contributed by atoms with E-state index < -0.39 is 9.29 Å². The average Bonchev–Trinajstić information content (AvgIpc) is 0.918. The summed E-state index contributed by atoms with van der Waals surface area (Å²) in [4.78, 5) is 0. The number of hydrogen-bond donors (Lipinski definition) is 0. The summed E-state index contributed by atoms with van der Waals surface area (Å²) in [5, 5.41) is 0. The van der Waals surface area contributed by atoms with E-state index in [1.807, 2.05) is 0 Å². The van der Waals surface area contributed by atoms with Crippen molar-refractivity contribution >= 4 is 60.7 Å². The Morgan fingerprint density at radius 2 is 1.25 bits per heavy atom. The van der Waals surface area contributed by atoms with Crippen molar-refractivity contribution in [2.45, 2.75) is 0 Å². The standard InChI is InChI=1S/K.O2Si.H/c;1-3-2;. The van der Waals surface area contributed by atoms with E-state index >= 15 is 0 Å². The Kier molecular flexibility index (Phi) is 20.0. The van der Waals surface area contributed by atoms with Gasteiger partial charge in [-0.05, 0) is 0 Å². The summed E-state index contributed by atoms with van der Waals surface area (Å²) >= 11 is 0. The predicted molar refractivity (Wildman–Crippen MR) is 14.3 cm³/mol. The van der Waals surface area contributed by atoms with Crippen molar-refractivity contribution in [1.82, 2.24) is 0 Å². The van der Waals surface area contributed by atoms with Crippen molar-refractivity contribution in [2.75, 3.05) is 0 Å². The van der Waals surface area contributed by atoms with Crippen molar-refractivity contribution in [1.29, 1.82) is 0 Å². The first-order valence-electron chi connectivity index (χ1n) is 0.408. The summed E-state index contributed by atoms with van der Waals surface area (Å²) in [7, 11) is -1.42. The Balaban J connectivity index is 0. The fourth-order valence-corrected chi connectivity index (χ4v) is 0. The Morgan fingerprint density at radius 3 is 1.25 bits per heavy atom. The van der Waals surface area contributed by atoms with Gasteiger partial charge in [0.1, 0.15) is 0 Å². The van der Waals surface area contributed by atoms with Crippen LogP contribution in [0.15, 0.2) is 0 Å². The van der Waals surface area contributed by atoms with Gasteiger partial charge >= 0.3 is 60.7 Å². The van der Waals surface area contributed by atoms with E-state index in [0.29, 0.717) is 0 Å². The summed E-state index contributed by atoms with van der Waals surface area (Å²) < 4.78 is 16.8. The van der Waals surface area contributed by atoms with Crippen LogP contribution in [0.25, 0.3) is 0 Å². The quantitative estimate of drug-likeness (QED) is 0.356. The fourth-order valence-electron chi connectivity index (χ4n) is 0. The molecule has 18 valence electrons. The van der Waals surface area contributed by atoms with E-state index in [0.717, 1.165) is 0 Å². The van der Waals surface area contributed by atoms with Crippen molar-refractivity contribution < 1.29 is 8.92 Å². The molecule has 2 nitrogen and oxygen atoms in total. The Labute approximate surface area is 68.3 Å². The molecule has 4 heteroatoms. The van der Waals surface area contributed by atoms with Gasteiger partial charge in [-0.3, -0.25) is 8.92 Å². The molecule has 0 rings (SSSR count). The van der Waals surface area contributed by atoms with Crippen molar-refractivity contribution in [3.63, 3.8) is 0 Å². The third-order valence-corrected chi connectivity index (χ3v) is 0. The molecule has 0 aromatic rings. The van der Waals surface area contributed by atoms with Crippen molar-refractivity contribution in [2.24, 2.45) is 0 Å². The molecule has 0 atom stereocenters. The number of hydrogen-bond acceptors (Lipinski definition) is 2. The fraction of sp³-hybridized carbons (Fsp3) is 0. The van der Waals surface area contributed by atoms with Crippen LogP contribution in [-0.4, -0.2) is 60.7 Å². The van der Waals surface area contributed by atoms with E-state index in [1.54, 1.807) is 0 Å². The van der Waals surface area contributed by atoms with Crippen molar-refractivity contribution in [3.8, 4) is 0 Å². The summed E-state index contributed by atoms with van der Waals surface area (Å²) in [6, 6.07) is 0. The first-order valence-corrected chi connectivity index (χ1v) is 1.22. The predicted octanol–water partition coefficient (Wildman–Crippen LogP) is -1.27. The summed E-state index contributed by atoms with van der Waals surface area (Å²) in [6.07, 6.45) is 0. The van der Waals surface area contributed by atoms with Gasteiger partial charge in [0.25, 0.3) is 0 Å². The Hall–Kier alpha value is 1.45. The maximum absolute atomic E-state index is 8.40. The summed E-state index contributed by atoms with van der Waals surface area (Å²) in [6.45, 7) is 0. The molecule has 0 aromatic carbocycles. The van der Waals surface area contributed by atoms with E-state index in [4.69, 9.17) is 8.92 Å². The molecule has 0 radical (unpaired) electrons. The van der Waals surface area contributed by atoms with Crippen LogP contribution < -0.4 is 0 Å². The topological polar surface area (TPSA) is 34.1 Å². The molecular weight excluding hydrogens is 99.2 g/mol. The molecule has 0 unspecified atom stereocenters. The molecular formula is HKO2Si. The van der Waals surface area contributed by atoms with Crippen LogP contribution in [0.4, 0.5) is 0 Å². The zero-order chi connectivity index (χ0) is 2.71. The molecule has 0 fully saturated rings. The summed E-state index contributed by atoms with van der Waals surface area (Å²) in [5.41, 5.74) is 0. The van der Waals surface area contributed by atoms with Gasteiger partial charge in [0.15, 0.2) is 0 Å². The monoisotopic (exact) mass is 99.9 g/mol. The molecule has 0 saturated carbocycles. The molecule has 0 bridgehead atoms. The summed E-state index contributed by atoms with van der Waals surface area (Å²) in [5.74, 6) is 0. The van der Waals surface area contributed by atoms with E-state index in [1.165, 1.54) is 0 Å². The second-order valence-corrected chi connectivity index (χ2v) is 0.250. The second-order valence-electron chi connectivity index (χ2n) is 0.0833. The minimum atomic E-state index is -1.42. The van der Waals surface area contributed by atoms with Crippen LogP contribution in [0.1, 0.15) is 0 Å². The van der Waals surface area contributed by atoms with Gasteiger partial charge in [-0.25, -0.2) is 0 Å². The number of rotatable bonds is 0. The first-order chi connectivity index (χ1) is 1.41. The van der Waals surface area contributed by atoms with E-state index in [-0.39, 0.29) is 51.4 Å². The van der Waals surface area contributed by atoms with Gasteiger partial charge in [0.2, 0.25) is 0 Å². The molecule has 0 amide bonds. The zero-order valence-electron chi connectivity index (χ0n) is 1.32. The van der Waals surface area contributed by atoms with Crippen LogP contribution in [0.2, 0.25) is 0 Å². The zero-order valence-corrected chi connectivity index (χ0v) is 2.32. The van der Waals surface area contributed by atoms with Gasteiger partial charge in [-0.2, -0.15) is 0 Å². The van der Waals surface area contributed by atoms with Gasteiger partial charge in [0.05, 0.1) is 0 Å². The van der Waals surface area contributed by atoms with Gasteiger partial charge in [-0.15, -0.1) is 0 Å². The Bertz CT molecular complexity index is 27.0. The minimum absolute atomic E-state index is 0. The molecule has 0 aromatic heterocycles. The van der Waals surface area contributed by atoms with Crippen LogP contribution >= 0.6 is 0 Å². The van der Waals surface area contributed by atoms with E-state index in [9.17, 15) is 0 Å². The molecule has 4 heavy (non-hydrogen) atoms. The molecule has 0 aliphatic carbocycles. The average molecular weight is 100 g/mol. The molecule has 0 aliphatic heterocycles. The molecule has 0 aliphatic rings. The van der Waals surface area contributed by atoms with Crippen LogP contribution in [0, 0.1) is 0 Å². The normalized spacial score (nSPS) is 2.00. The third kappa shape index (κ3) is 9.84. The molecule has 0 spiro atoms. The van der Waals surface area contributed by atoms with Crippen molar-refractivity contribution in [3.05, 3.63) is 0 Å². The first kappa shape index (κ1) is 9.07. The molecule has 0 heterocycles. The van der Waals surface area contributed by atoms with Crippen LogP contribution in [0.3, 0.4) is 0 Å². The Morgan fingerprint density at radius 1 is 1.25 bits per heavy atom. The van der Waals surface area contributed by atoms with Crippen LogP contribution in [0.5, 0.6) is 0 Å². The van der Waals surface area contributed by atoms with Gasteiger partial charge in [-0.1, -0.05) is 0 Å². The molecule has 0 N–H and O–H groups in total. The maximum atomic E-state index is 8.40. The van der Waals surface area contributed by atoms with Crippen LogP contribution in [-0.2, 0) is 8.92 Å². The second kappa shape index (κ2) is 8.82. The van der Waals surface area contributed by atoms with Gasteiger partial charge < -0.3 is 0 Å². The van der Waals surface area contributed by atoms with E-state index in [2.05, 4.69) is 0 Å². The molecule has 0 saturated heterocycles.